The van der Waals surface area contributed by atoms with Crippen molar-refractivity contribution < 1.29 is 0 Å². The number of nitrogens with one attached hydrogen (secondary N) is 1. The van der Waals surface area contributed by atoms with Gasteiger partial charge in [-0.1, -0.05) is 0 Å². The highest BCUT2D eigenvalue weighted by molar-refractivity contribution is 5.35. The molecule has 1 N–H and O–H groups in total. The molecule has 0 aliphatic heterocycles. The topological polar surface area (TPSA) is 37.8 Å². The number of hydrogen-bond donors (Lipinski definition) is 1. The van der Waals surface area contributed by atoms with Crippen LogP contribution in [0.2, 0.25) is 0 Å². The standard InChI is InChI=1S/C11H15N3/c1-4-5-6-7-12-11-8-9(2)13-10(3)14-11/h8H,6-7H2,1-3H3,(H,12,13,14). The first kappa shape index (κ1) is 10.5. The van der Waals surface area contributed by atoms with E-state index in [2.05, 4.69) is 27.1 Å². The van der Waals surface area contributed by atoms with Gasteiger partial charge >= 0.3 is 0 Å². The van der Waals surface area contributed by atoms with Crippen LogP contribution in [0, 0.1) is 25.7 Å². The monoisotopic (exact) mass is 189 g/mol. The second-order valence-corrected chi connectivity index (χ2v) is 3.05. The molecular formula is C11H15N3. The van der Waals surface area contributed by atoms with E-state index in [9.17, 15) is 0 Å². The molecule has 0 unspecified atom stereocenters. The van der Waals surface area contributed by atoms with E-state index in [0.717, 1.165) is 30.3 Å². The van der Waals surface area contributed by atoms with Crippen molar-refractivity contribution in [3.63, 3.8) is 0 Å². The summed E-state index contributed by atoms with van der Waals surface area (Å²) in [5.74, 6) is 7.53. The van der Waals surface area contributed by atoms with Gasteiger partial charge < -0.3 is 5.32 Å². The zero-order valence-electron chi connectivity index (χ0n) is 8.89. The molecule has 0 fully saturated rings. The van der Waals surface area contributed by atoms with Crippen molar-refractivity contribution in [2.24, 2.45) is 0 Å². The second-order valence-electron chi connectivity index (χ2n) is 3.05. The number of rotatable bonds is 3. The third kappa shape index (κ3) is 3.44. The predicted octanol–water partition coefficient (Wildman–Crippen LogP) is 1.92. The molecule has 0 aromatic carbocycles. The van der Waals surface area contributed by atoms with Crippen molar-refractivity contribution in [2.45, 2.75) is 27.2 Å². The Bertz CT molecular complexity index is 340. The average molecular weight is 189 g/mol. The van der Waals surface area contributed by atoms with Crippen molar-refractivity contribution in [3.05, 3.63) is 17.6 Å². The number of hydrogen-bond acceptors (Lipinski definition) is 3. The molecule has 0 radical (unpaired) electrons. The first-order chi connectivity index (χ1) is 6.72. The van der Waals surface area contributed by atoms with Gasteiger partial charge in [-0.2, -0.15) is 0 Å². The normalized spacial score (nSPS) is 9.07. The van der Waals surface area contributed by atoms with Gasteiger partial charge in [0, 0.05) is 24.7 Å². The molecule has 14 heavy (non-hydrogen) atoms. The zero-order chi connectivity index (χ0) is 10.4. The van der Waals surface area contributed by atoms with Gasteiger partial charge in [0.05, 0.1) is 0 Å². The van der Waals surface area contributed by atoms with Crippen LogP contribution in [-0.4, -0.2) is 16.5 Å². The number of aryl methyl sites for hydroxylation is 2. The van der Waals surface area contributed by atoms with E-state index in [1.165, 1.54) is 0 Å². The first-order valence-corrected chi connectivity index (χ1v) is 4.68. The molecule has 1 rings (SSSR count). The van der Waals surface area contributed by atoms with Crippen LogP contribution < -0.4 is 5.32 Å². The quantitative estimate of drug-likeness (QED) is 0.583. The van der Waals surface area contributed by atoms with Crippen LogP contribution >= 0.6 is 0 Å². The fraction of sp³-hybridized carbons (Fsp3) is 0.455. The highest BCUT2D eigenvalue weighted by Crippen LogP contribution is 2.04. The first-order valence-electron chi connectivity index (χ1n) is 4.68. The fourth-order valence-electron chi connectivity index (χ4n) is 1.19. The Morgan fingerprint density at radius 2 is 2.14 bits per heavy atom. The minimum Gasteiger partial charge on any atom is -0.369 e. The maximum atomic E-state index is 4.26. The van der Waals surface area contributed by atoms with Crippen LogP contribution in [0.1, 0.15) is 24.9 Å². The molecule has 0 bridgehead atoms. The van der Waals surface area contributed by atoms with Crippen LogP contribution in [0.4, 0.5) is 5.82 Å². The smallest absolute Gasteiger partial charge is 0.129 e. The Kier molecular flexibility index (Phi) is 3.93. The van der Waals surface area contributed by atoms with Crippen molar-refractivity contribution in [2.75, 3.05) is 11.9 Å². The predicted molar refractivity (Wildman–Crippen MR) is 58.1 cm³/mol. The highest BCUT2D eigenvalue weighted by atomic mass is 15.0. The summed E-state index contributed by atoms with van der Waals surface area (Å²) in [5, 5.41) is 3.21. The molecule has 3 heteroatoms. The summed E-state index contributed by atoms with van der Waals surface area (Å²) >= 11 is 0. The summed E-state index contributed by atoms with van der Waals surface area (Å²) in [5.41, 5.74) is 0.988. The van der Waals surface area contributed by atoms with Crippen molar-refractivity contribution in [3.8, 4) is 11.8 Å². The third-order valence-corrected chi connectivity index (χ3v) is 1.70. The summed E-state index contributed by atoms with van der Waals surface area (Å²) < 4.78 is 0. The summed E-state index contributed by atoms with van der Waals surface area (Å²) in [6.45, 7) is 6.53. The molecule has 0 saturated heterocycles. The molecule has 1 aromatic rings. The van der Waals surface area contributed by atoms with Gasteiger partial charge in [-0.25, -0.2) is 9.97 Å². The minimum atomic E-state index is 0.800. The van der Waals surface area contributed by atoms with Gasteiger partial charge in [-0.05, 0) is 20.8 Å². The Balaban J connectivity index is 2.53. The van der Waals surface area contributed by atoms with E-state index in [1.807, 2.05) is 26.8 Å². The molecule has 0 aliphatic rings. The van der Waals surface area contributed by atoms with E-state index in [4.69, 9.17) is 0 Å². The molecule has 0 aliphatic carbocycles. The van der Waals surface area contributed by atoms with Gasteiger partial charge in [0.25, 0.3) is 0 Å². The molecule has 0 amide bonds. The van der Waals surface area contributed by atoms with E-state index in [1.54, 1.807) is 0 Å². The Morgan fingerprint density at radius 3 is 2.79 bits per heavy atom. The zero-order valence-corrected chi connectivity index (χ0v) is 8.89. The van der Waals surface area contributed by atoms with Gasteiger partial charge in [-0.15, -0.1) is 11.8 Å². The Morgan fingerprint density at radius 1 is 1.36 bits per heavy atom. The highest BCUT2D eigenvalue weighted by Gasteiger charge is 1.96. The molecule has 0 saturated carbocycles. The van der Waals surface area contributed by atoms with E-state index >= 15 is 0 Å². The third-order valence-electron chi connectivity index (χ3n) is 1.70. The molecule has 0 atom stereocenters. The Hall–Kier alpha value is -1.56. The van der Waals surface area contributed by atoms with E-state index in [0.29, 0.717) is 0 Å². The second kappa shape index (κ2) is 5.23. The lowest BCUT2D eigenvalue weighted by Crippen LogP contribution is -2.04. The van der Waals surface area contributed by atoms with Gasteiger partial charge in [0.15, 0.2) is 0 Å². The van der Waals surface area contributed by atoms with Crippen molar-refractivity contribution in [1.82, 2.24) is 9.97 Å². The van der Waals surface area contributed by atoms with Crippen LogP contribution in [0.25, 0.3) is 0 Å². The summed E-state index contributed by atoms with van der Waals surface area (Å²) in [7, 11) is 0. The van der Waals surface area contributed by atoms with Crippen LogP contribution in [0.3, 0.4) is 0 Å². The van der Waals surface area contributed by atoms with Gasteiger partial charge in [-0.3, -0.25) is 0 Å². The van der Waals surface area contributed by atoms with Crippen molar-refractivity contribution >= 4 is 5.82 Å². The summed E-state index contributed by atoms with van der Waals surface area (Å²) in [6.07, 6.45) is 0.846. The Labute approximate surface area is 85.0 Å². The van der Waals surface area contributed by atoms with Crippen LogP contribution in [0.5, 0.6) is 0 Å². The van der Waals surface area contributed by atoms with Crippen LogP contribution in [0.15, 0.2) is 6.07 Å². The minimum absolute atomic E-state index is 0.800. The van der Waals surface area contributed by atoms with E-state index in [-0.39, 0.29) is 0 Å². The molecule has 1 aromatic heterocycles. The summed E-state index contributed by atoms with van der Waals surface area (Å²) in [6, 6.07) is 1.94. The molecule has 0 spiro atoms. The molecule has 3 nitrogen and oxygen atoms in total. The largest absolute Gasteiger partial charge is 0.369 e. The number of aromatic nitrogens is 2. The van der Waals surface area contributed by atoms with Crippen LogP contribution in [-0.2, 0) is 0 Å². The summed E-state index contributed by atoms with van der Waals surface area (Å²) in [4.78, 5) is 8.46. The maximum Gasteiger partial charge on any atom is 0.129 e. The number of nitrogens with zero attached hydrogens (tertiary/aromatic N) is 2. The number of anilines is 1. The lowest BCUT2D eigenvalue weighted by Gasteiger charge is -2.04. The molecule has 74 valence electrons. The van der Waals surface area contributed by atoms with Gasteiger partial charge in [0.1, 0.15) is 11.6 Å². The average Bonchev–Trinajstić information content (AvgIpc) is 2.11. The SMILES string of the molecule is CC#CCCNc1cc(C)nc(C)n1. The molecule has 1 heterocycles. The van der Waals surface area contributed by atoms with Crippen molar-refractivity contribution in [1.29, 1.82) is 0 Å². The van der Waals surface area contributed by atoms with E-state index < -0.39 is 0 Å². The lowest BCUT2D eigenvalue weighted by molar-refractivity contribution is 0.987. The maximum absolute atomic E-state index is 4.26. The molecular weight excluding hydrogens is 174 g/mol. The van der Waals surface area contributed by atoms with Gasteiger partial charge in [0.2, 0.25) is 0 Å². The lowest BCUT2D eigenvalue weighted by atomic mass is 10.4. The fourth-order valence-corrected chi connectivity index (χ4v) is 1.19.